The van der Waals surface area contributed by atoms with Crippen LogP contribution in [0.25, 0.3) is 0 Å². The molecule has 0 unspecified atom stereocenters. The molecule has 0 spiro atoms. The van der Waals surface area contributed by atoms with Crippen LogP contribution in [0.4, 0.5) is 0 Å². The summed E-state index contributed by atoms with van der Waals surface area (Å²) in [7, 11) is 0. The van der Waals surface area contributed by atoms with Crippen LogP contribution >= 0.6 is 0 Å². The summed E-state index contributed by atoms with van der Waals surface area (Å²) in [6, 6.07) is 0. The fourth-order valence-corrected chi connectivity index (χ4v) is 3.74. The van der Waals surface area contributed by atoms with Crippen molar-refractivity contribution in [3.63, 3.8) is 0 Å². The van der Waals surface area contributed by atoms with Crippen LogP contribution < -0.4 is 0 Å². The standard InChI is InChI=1S/2C5H5.2CH3.Sn/c2*1-4-5(2)3;;;/h2*2H2,3H3;2*1H3;. The Hall–Kier alpha value is -0.601. The molecule has 0 heterocycles. The maximum atomic E-state index is 3.75. The van der Waals surface area contributed by atoms with E-state index in [2.05, 4.69) is 42.8 Å². The zero-order valence-electron chi connectivity index (χ0n) is 8.91. The van der Waals surface area contributed by atoms with E-state index in [-0.39, 0.29) is 0 Å². The van der Waals surface area contributed by atoms with E-state index in [1.165, 1.54) is 0 Å². The first-order chi connectivity index (χ1) is 5.83. The predicted molar refractivity (Wildman–Crippen MR) is 62.7 cm³/mol. The first kappa shape index (κ1) is 12.4. The Balaban J connectivity index is 4.65. The van der Waals surface area contributed by atoms with E-state index in [4.69, 9.17) is 0 Å². The van der Waals surface area contributed by atoms with E-state index in [1.54, 1.807) is 0 Å². The number of hydrogen-bond acceptors (Lipinski definition) is 0. The molecule has 0 aromatic rings. The molecular weight excluding hydrogens is 263 g/mol. The van der Waals surface area contributed by atoms with Crippen molar-refractivity contribution in [2.75, 3.05) is 0 Å². The Morgan fingerprint density at radius 2 is 1.23 bits per heavy atom. The topological polar surface area (TPSA) is 0 Å². The summed E-state index contributed by atoms with van der Waals surface area (Å²) < 4.78 is 6.52. The third kappa shape index (κ3) is 7.75. The SMILES string of the molecule is C=C(C)C#[C][Sn]([CH3])([CH3])[C]#CC(=C)C. The van der Waals surface area contributed by atoms with Crippen molar-refractivity contribution in [1.82, 2.24) is 0 Å². The molecule has 1 heteroatoms. The van der Waals surface area contributed by atoms with Gasteiger partial charge in [-0.2, -0.15) is 0 Å². The summed E-state index contributed by atoms with van der Waals surface area (Å²) in [5, 5.41) is 0. The fraction of sp³-hybridized carbons (Fsp3) is 0.333. The van der Waals surface area contributed by atoms with Crippen LogP contribution in [-0.4, -0.2) is 18.4 Å². The van der Waals surface area contributed by atoms with Crippen LogP contribution in [0.1, 0.15) is 13.8 Å². The Morgan fingerprint density at radius 3 is 1.46 bits per heavy atom. The van der Waals surface area contributed by atoms with Crippen molar-refractivity contribution >= 4 is 18.4 Å². The quantitative estimate of drug-likeness (QED) is 0.472. The summed E-state index contributed by atoms with van der Waals surface area (Å²) >= 11 is -2.39. The maximum absolute atomic E-state index is 3.75. The first-order valence-electron chi connectivity index (χ1n) is 4.21. The molecule has 0 saturated heterocycles. The first-order valence-corrected chi connectivity index (χ1v) is 12.8. The Kier molecular flexibility index (Phi) is 4.96. The normalized spacial score (nSPS) is 8.92. The minimum absolute atomic E-state index is 0.918. The Labute approximate surface area is 86.0 Å². The number of hydrogen-bond donors (Lipinski definition) is 0. The molecule has 0 bridgehead atoms. The summed E-state index contributed by atoms with van der Waals surface area (Å²) in [4.78, 5) is 4.39. The summed E-state index contributed by atoms with van der Waals surface area (Å²) in [5.41, 5.74) is 1.84. The van der Waals surface area contributed by atoms with Gasteiger partial charge in [-0.1, -0.05) is 0 Å². The van der Waals surface area contributed by atoms with Crippen molar-refractivity contribution in [3.05, 3.63) is 24.3 Å². The van der Waals surface area contributed by atoms with E-state index in [1.807, 2.05) is 13.8 Å². The Morgan fingerprint density at radius 1 is 0.923 bits per heavy atom. The van der Waals surface area contributed by atoms with Gasteiger partial charge in [-0.3, -0.25) is 0 Å². The van der Waals surface area contributed by atoms with Crippen molar-refractivity contribution < 1.29 is 0 Å². The summed E-state index contributed by atoms with van der Waals surface area (Å²) in [6.07, 6.45) is 0. The van der Waals surface area contributed by atoms with E-state index < -0.39 is 18.4 Å². The number of allylic oxidation sites excluding steroid dienone is 2. The van der Waals surface area contributed by atoms with Crippen molar-refractivity contribution in [2.24, 2.45) is 0 Å². The second-order valence-electron chi connectivity index (χ2n) is 3.69. The van der Waals surface area contributed by atoms with Crippen LogP contribution in [0.5, 0.6) is 0 Å². The van der Waals surface area contributed by atoms with E-state index in [9.17, 15) is 0 Å². The average molecular weight is 279 g/mol. The van der Waals surface area contributed by atoms with Crippen molar-refractivity contribution in [2.45, 2.75) is 23.7 Å². The molecule has 0 nitrogen and oxygen atoms in total. The van der Waals surface area contributed by atoms with E-state index in [0.717, 1.165) is 11.1 Å². The third-order valence-corrected chi connectivity index (χ3v) is 5.46. The van der Waals surface area contributed by atoms with Gasteiger partial charge in [0.2, 0.25) is 0 Å². The van der Waals surface area contributed by atoms with Crippen LogP contribution in [0.2, 0.25) is 9.88 Å². The summed E-state index contributed by atoms with van der Waals surface area (Å²) in [6.45, 7) is 11.3. The van der Waals surface area contributed by atoms with Gasteiger partial charge in [-0.05, 0) is 0 Å². The van der Waals surface area contributed by atoms with Gasteiger partial charge in [0.25, 0.3) is 0 Å². The molecule has 0 radical (unpaired) electrons. The molecule has 68 valence electrons. The van der Waals surface area contributed by atoms with Gasteiger partial charge < -0.3 is 0 Å². The van der Waals surface area contributed by atoms with Gasteiger partial charge in [0, 0.05) is 0 Å². The zero-order valence-corrected chi connectivity index (χ0v) is 11.8. The molecule has 0 aromatic carbocycles. The van der Waals surface area contributed by atoms with Crippen LogP contribution in [0.3, 0.4) is 0 Å². The molecule has 13 heavy (non-hydrogen) atoms. The van der Waals surface area contributed by atoms with Crippen LogP contribution in [0, 0.1) is 19.7 Å². The monoisotopic (exact) mass is 280 g/mol. The second kappa shape index (κ2) is 5.20. The van der Waals surface area contributed by atoms with Gasteiger partial charge >= 0.3 is 86.1 Å². The molecule has 0 N–H and O–H groups in total. The Bertz CT molecular complexity index is 303. The molecule has 0 fully saturated rings. The summed E-state index contributed by atoms with van der Waals surface area (Å²) in [5.74, 6) is 6.05. The third-order valence-electron chi connectivity index (χ3n) is 1.18. The van der Waals surface area contributed by atoms with Crippen LogP contribution in [-0.2, 0) is 0 Å². The van der Waals surface area contributed by atoms with Crippen molar-refractivity contribution in [3.8, 4) is 19.7 Å². The van der Waals surface area contributed by atoms with Gasteiger partial charge in [0.1, 0.15) is 0 Å². The molecule has 0 aromatic heterocycles. The average Bonchev–Trinajstić information content (AvgIpc) is 1.98. The molecule has 0 rings (SSSR count). The molecule has 0 aliphatic heterocycles. The minimum atomic E-state index is -2.39. The van der Waals surface area contributed by atoms with Gasteiger partial charge in [0.05, 0.1) is 0 Å². The predicted octanol–water partition coefficient (Wildman–Crippen LogP) is 2.93. The zero-order chi connectivity index (χ0) is 10.5. The second-order valence-corrected chi connectivity index (χ2v) is 14.4. The van der Waals surface area contributed by atoms with E-state index >= 15 is 0 Å². The van der Waals surface area contributed by atoms with Crippen LogP contribution in [0.15, 0.2) is 24.3 Å². The molecular formula is C12H16Sn. The molecule has 0 aliphatic carbocycles. The number of rotatable bonds is 0. The molecule has 0 atom stereocenters. The van der Waals surface area contributed by atoms with Gasteiger partial charge in [-0.15, -0.1) is 0 Å². The van der Waals surface area contributed by atoms with E-state index in [0.29, 0.717) is 0 Å². The molecule has 0 aliphatic rings. The fourth-order valence-electron chi connectivity index (χ4n) is 0.557. The molecule has 0 saturated carbocycles. The van der Waals surface area contributed by atoms with Gasteiger partial charge in [-0.25, -0.2) is 0 Å². The molecule has 0 amide bonds. The van der Waals surface area contributed by atoms with Crippen molar-refractivity contribution in [1.29, 1.82) is 0 Å². The van der Waals surface area contributed by atoms with Gasteiger partial charge in [0.15, 0.2) is 0 Å².